The first kappa shape index (κ1) is 14.1. The van der Waals surface area contributed by atoms with E-state index in [1.807, 2.05) is 0 Å². The summed E-state index contributed by atoms with van der Waals surface area (Å²) in [6, 6.07) is 0. The number of nitrogens with one attached hydrogen (secondary N) is 1. The Morgan fingerprint density at radius 2 is 2.29 bits per heavy atom. The molecule has 0 aromatic carbocycles. The second-order valence-electron chi connectivity index (χ2n) is 4.66. The number of hydrogen-bond acceptors (Lipinski definition) is 6. The summed E-state index contributed by atoms with van der Waals surface area (Å²) < 4.78 is 0. The molecule has 21 heavy (non-hydrogen) atoms. The molecule has 1 aliphatic rings. The van der Waals surface area contributed by atoms with Crippen LogP contribution in [0.25, 0.3) is 10.2 Å². The van der Waals surface area contributed by atoms with E-state index in [2.05, 4.69) is 9.97 Å². The van der Waals surface area contributed by atoms with E-state index >= 15 is 0 Å². The molecule has 1 aliphatic heterocycles. The zero-order chi connectivity index (χ0) is 15.0. The smallest absolute Gasteiger partial charge is 0.290 e. The lowest BCUT2D eigenvalue weighted by molar-refractivity contribution is -0.144. The highest BCUT2D eigenvalue weighted by atomic mass is 35.5. The number of carbonyl (C=O) groups excluding carboxylic acids is 2. The number of Topliss-reactive ketones (excluding diaryl/α,β-unsaturated/α-hetero) is 1. The molecular weight excluding hydrogens is 312 g/mol. The number of amides is 1. The van der Waals surface area contributed by atoms with Crippen LogP contribution < -0.4 is 0 Å². The molecule has 3 rings (SSSR count). The highest BCUT2D eigenvalue weighted by Crippen LogP contribution is 2.36. The Kier molecular flexibility index (Phi) is 3.69. The van der Waals surface area contributed by atoms with Gasteiger partial charge in [-0.05, 0) is 12.0 Å². The van der Waals surface area contributed by atoms with Gasteiger partial charge in [0.25, 0.3) is 5.91 Å². The number of aromatic nitrogens is 2. The van der Waals surface area contributed by atoms with Crippen LogP contribution in [0.15, 0.2) is 6.33 Å². The lowest BCUT2D eigenvalue weighted by Crippen LogP contribution is -2.39. The number of ketones is 1. The Hall–Kier alpha value is -1.86. The van der Waals surface area contributed by atoms with Gasteiger partial charge >= 0.3 is 0 Å². The standard InChI is InChI=1S/C13H11ClN4O2S/c14-11-10-7-2-4-18(13(20)8(19)1-3-15)5-9(7)21-12(10)17-6-16-11/h3,6,15H,1-2,4-5H2. The van der Waals surface area contributed by atoms with E-state index in [1.165, 1.54) is 22.6 Å². The molecule has 0 radical (unpaired) electrons. The SMILES string of the molecule is N=CCC(=O)C(=O)N1CCc2c(sc3ncnc(Cl)c23)C1. The summed E-state index contributed by atoms with van der Waals surface area (Å²) in [4.78, 5) is 35.1. The fourth-order valence-corrected chi connectivity index (χ4v) is 3.93. The van der Waals surface area contributed by atoms with E-state index in [0.717, 1.165) is 26.9 Å². The van der Waals surface area contributed by atoms with Crippen molar-refractivity contribution < 1.29 is 9.59 Å². The van der Waals surface area contributed by atoms with Gasteiger partial charge in [-0.1, -0.05) is 11.6 Å². The molecule has 108 valence electrons. The molecule has 2 aromatic heterocycles. The highest BCUT2D eigenvalue weighted by Gasteiger charge is 2.28. The Morgan fingerprint density at radius 3 is 3.05 bits per heavy atom. The van der Waals surface area contributed by atoms with E-state index in [4.69, 9.17) is 17.0 Å². The van der Waals surface area contributed by atoms with E-state index in [9.17, 15) is 9.59 Å². The van der Waals surface area contributed by atoms with Gasteiger partial charge < -0.3 is 10.3 Å². The fraction of sp³-hybridized carbons (Fsp3) is 0.308. The van der Waals surface area contributed by atoms with Crippen molar-refractivity contribution in [2.75, 3.05) is 6.54 Å². The van der Waals surface area contributed by atoms with Crippen molar-refractivity contribution in [3.8, 4) is 0 Å². The molecule has 2 aromatic rings. The van der Waals surface area contributed by atoms with Gasteiger partial charge in [0.05, 0.1) is 18.4 Å². The normalized spacial score (nSPS) is 14.0. The Morgan fingerprint density at radius 1 is 1.48 bits per heavy atom. The first-order valence-electron chi connectivity index (χ1n) is 6.33. The molecule has 8 heteroatoms. The fourth-order valence-electron chi connectivity index (χ4n) is 2.42. The summed E-state index contributed by atoms with van der Waals surface area (Å²) in [7, 11) is 0. The third kappa shape index (κ3) is 2.43. The van der Waals surface area contributed by atoms with Gasteiger partial charge in [-0.25, -0.2) is 9.97 Å². The summed E-state index contributed by atoms with van der Waals surface area (Å²) in [5, 5.41) is 8.20. The molecule has 0 atom stereocenters. The van der Waals surface area contributed by atoms with E-state index < -0.39 is 11.7 Å². The average Bonchev–Trinajstić information content (AvgIpc) is 2.85. The monoisotopic (exact) mass is 322 g/mol. The van der Waals surface area contributed by atoms with Crippen LogP contribution in [-0.4, -0.2) is 39.3 Å². The first-order valence-corrected chi connectivity index (χ1v) is 7.53. The number of nitrogens with zero attached hydrogens (tertiary/aromatic N) is 3. The molecule has 6 nitrogen and oxygen atoms in total. The van der Waals surface area contributed by atoms with Crippen molar-refractivity contribution in [1.29, 1.82) is 5.41 Å². The maximum Gasteiger partial charge on any atom is 0.290 e. The van der Waals surface area contributed by atoms with Crippen molar-refractivity contribution in [2.24, 2.45) is 0 Å². The molecule has 3 heterocycles. The number of carbonyl (C=O) groups is 2. The number of thiophene rings is 1. The van der Waals surface area contributed by atoms with E-state index in [-0.39, 0.29) is 6.42 Å². The van der Waals surface area contributed by atoms with Crippen LogP contribution in [0.4, 0.5) is 0 Å². The number of hydrogen-bond donors (Lipinski definition) is 1. The zero-order valence-electron chi connectivity index (χ0n) is 10.9. The minimum Gasteiger partial charge on any atom is -0.331 e. The Balaban J connectivity index is 1.91. The molecule has 0 spiro atoms. The van der Waals surface area contributed by atoms with Gasteiger partial charge in [0.15, 0.2) is 0 Å². The van der Waals surface area contributed by atoms with Gasteiger partial charge in [0, 0.05) is 17.6 Å². The molecule has 0 saturated heterocycles. The summed E-state index contributed by atoms with van der Waals surface area (Å²) in [5.41, 5.74) is 1.07. The van der Waals surface area contributed by atoms with Crippen LogP contribution in [0.2, 0.25) is 5.15 Å². The zero-order valence-corrected chi connectivity index (χ0v) is 12.5. The largest absolute Gasteiger partial charge is 0.331 e. The molecule has 0 unspecified atom stereocenters. The number of halogens is 1. The first-order chi connectivity index (χ1) is 10.1. The molecule has 0 fully saturated rings. The molecule has 0 aliphatic carbocycles. The quantitative estimate of drug-likeness (QED) is 0.530. The second kappa shape index (κ2) is 5.50. The molecule has 0 bridgehead atoms. The number of rotatable bonds is 3. The van der Waals surface area contributed by atoms with Crippen molar-refractivity contribution in [2.45, 2.75) is 19.4 Å². The minimum absolute atomic E-state index is 0.147. The summed E-state index contributed by atoms with van der Waals surface area (Å²) in [5.74, 6) is -1.08. The molecule has 1 amide bonds. The average molecular weight is 323 g/mol. The van der Waals surface area contributed by atoms with Crippen LogP contribution >= 0.6 is 22.9 Å². The van der Waals surface area contributed by atoms with Gasteiger partial charge in [0.2, 0.25) is 5.78 Å². The Labute approximate surface area is 129 Å². The van der Waals surface area contributed by atoms with Crippen molar-refractivity contribution in [3.63, 3.8) is 0 Å². The molecule has 1 N–H and O–H groups in total. The van der Waals surface area contributed by atoms with E-state index in [1.54, 1.807) is 0 Å². The Bertz CT molecular complexity index is 758. The van der Waals surface area contributed by atoms with Crippen LogP contribution in [0, 0.1) is 5.41 Å². The van der Waals surface area contributed by atoms with Crippen molar-refractivity contribution in [1.82, 2.24) is 14.9 Å². The molecular formula is C13H11ClN4O2S. The topological polar surface area (TPSA) is 87.0 Å². The second-order valence-corrected chi connectivity index (χ2v) is 6.10. The van der Waals surface area contributed by atoms with Gasteiger partial charge in [-0.2, -0.15) is 0 Å². The predicted molar refractivity (Wildman–Crippen MR) is 80.0 cm³/mol. The van der Waals surface area contributed by atoms with Crippen molar-refractivity contribution >= 4 is 51.1 Å². The predicted octanol–water partition coefficient (Wildman–Crippen LogP) is 1.84. The number of fused-ring (bicyclic) bond motifs is 3. The lowest BCUT2D eigenvalue weighted by Gasteiger charge is -2.26. The van der Waals surface area contributed by atoms with Gasteiger partial charge in [-0.3, -0.25) is 9.59 Å². The van der Waals surface area contributed by atoms with Crippen molar-refractivity contribution in [3.05, 3.63) is 21.9 Å². The van der Waals surface area contributed by atoms with Crippen LogP contribution in [0.5, 0.6) is 0 Å². The summed E-state index contributed by atoms with van der Waals surface area (Å²) in [6.45, 7) is 0.849. The van der Waals surface area contributed by atoms with Crippen LogP contribution in [0.1, 0.15) is 16.9 Å². The van der Waals surface area contributed by atoms with Crippen LogP contribution in [0.3, 0.4) is 0 Å². The van der Waals surface area contributed by atoms with Crippen LogP contribution in [-0.2, 0) is 22.6 Å². The summed E-state index contributed by atoms with van der Waals surface area (Å²) in [6.07, 6.45) is 2.85. The molecule has 0 saturated carbocycles. The summed E-state index contributed by atoms with van der Waals surface area (Å²) >= 11 is 7.60. The highest BCUT2D eigenvalue weighted by molar-refractivity contribution is 7.19. The van der Waals surface area contributed by atoms with Gasteiger partial charge in [0.1, 0.15) is 16.3 Å². The third-order valence-electron chi connectivity index (χ3n) is 3.40. The maximum atomic E-state index is 12.0. The minimum atomic E-state index is -0.549. The lowest BCUT2D eigenvalue weighted by atomic mass is 10.0. The van der Waals surface area contributed by atoms with Gasteiger partial charge in [-0.15, -0.1) is 11.3 Å². The maximum absolute atomic E-state index is 12.0. The van der Waals surface area contributed by atoms with E-state index in [0.29, 0.717) is 24.7 Å². The third-order valence-corrected chi connectivity index (χ3v) is 4.82.